The Morgan fingerprint density at radius 1 is 1.12 bits per heavy atom. The molecule has 2 heterocycles. The van der Waals surface area contributed by atoms with Gasteiger partial charge in [0.15, 0.2) is 17.8 Å². The van der Waals surface area contributed by atoms with Gasteiger partial charge in [-0.3, -0.25) is 9.36 Å². The van der Waals surface area contributed by atoms with Crippen molar-refractivity contribution >= 4 is 17.5 Å². The zero-order valence-corrected chi connectivity index (χ0v) is 21.5. The maximum atomic E-state index is 13.3. The third-order valence-corrected chi connectivity index (χ3v) is 5.95. The lowest BCUT2D eigenvalue weighted by molar-refractivity contribution is -0.207. The van der Waals surface area contributed by atoms with Gasteiger partial charge in [0.2, 0.25) is 5.91 Å². The van der Waals surface area contributed by atoms with E-state index in [1.807, 2.05) is 0 Å². The Kier molecular flexibility index (Phi) is 8.26. The van der Waals surface area contributed by atoms with Crippen LogP contribution in [-0.4, -0.2) is 47.8 Å². The molecule has 0 aliphatic carbocycles. The van der Waals surface area contributed by atoms with Crippen LogP contribution in [0, 0.1) is 6.92 Å². The molecule has 0 aliphatic heterocycles. The summed E-state index contributed by atoms with van der Waals surface area (Å²) in [6.45, 7) is -0.648. The molecule has 0 fully saturated rings. The van der Waals surface area contributed by atoms with Crippen LogP contribution in [0.2, 0.25) is 5.02 Å². The number of benzene rings is 2. The van der Waals surface area contributed by atoms with Crippen molar-refractivity contribution < 1.29 is 40.8 Å². The second-order valence-corrected chi connectivity index (χ2v) is 9.18. The first-order valence-corrected chi connectivity index (χ1v) is 12.0. The van der Waals surface area contributed by atoms with E-state index in [1.165, 1.54) is 37.3 Å². The van der Waals surface area contributed by atoms with E-state index < -0.39 is 54.7 Å². The molecule has 0 spiro atoms. The number of halogens is 7. The third kappa shape index (κ3) is 6.94. The fourth-order valence-electron chi connectivity index (χ4n) is 3.75. The molecule has 0 aliphatic rings. The van der Waals surface area contributed by atoms with E-state index in [9.17, 15) is 41.0 Å². The SMILES string of the molecule is Cc1noc(C(NC(=O)Cn2nc(-c3ccc(Cl)cc3)n(CC(O)C(F)(F)F)c2=O)c2cccc(C(F)(F)F)c2)n1. The summed E-state index contributed by atoms with van der Waals surface area (Å²) >= 11 is 5.86. The number of alkyl halides is 6. The van der Waals surface area contributed by atoms with E-state index in [-0.39, 0.29) is 33.7 Å². The van der Waals surface area contributed by atoms with Crippen molar-refractivity contribution in [1.29, 1.82) is 0 Å². The molecule has 10 nitrogen and oxygen atoms in total. The van der Waals surface area contributed by atoms with Crippen LogP contribution in [0.3, 0.4) is 0 Å². The molecular weight excluding hydrogens is 586 g/mol. The Morgan fingerprint density at radius 3 is 2.39 bits per heavy atom. The number of carbonyl (C=O) groups is 1. The summed E-state index contributed by atoms with van der Waals surface area (Å²) in [5.74, 6) is -1.42. The highest BCUT2D eigenvalue weighted by Crippen LogP contribution is 2.32. The molecule has 4 rings (SSSR count). The molecule has 2 N–H and O–H groups in total. The molecule has 41 heavy (non-hydrogen) atoms. The number of hydrogen-bond donors (Lipinski definition) is 2. The fraction of sp³-hybridized carbons (Fsp3) is 0.292. The number of aliphatic hydroxyl groups is 1. The zero-order valence-electron chi connectivity index (χ0n) is 20.7. The highest BCUT2D eigenvalue weighted by molar-refractivity contribution is 6.30. The molecule has 2 unspecified atom stereocenters. The predicted molar refractivity (Wildman–Crippen MR) is 129 cm³/mol. The van der Waals surface area contributed by atoms with Crippen LogP contribution in [0.25, 0.3) is 11.4 Å². The largest absolute Gasteiger partial charge is 0.416 e. The van der Waals surface area contributed by atoms with E-state index in [1.54, 1.807) is 0 Å². The normalized spacial score (nSPS) is 13.7. The van der Waals surface area contributed by atoms with Crippen molar-refractivity contribution in [3.8, 4) is 11.4 Å². The standard InChI is InChI=1S/C24H19ClF6N6O4/c1-12-32-21(41-35-12)19(14-3-2-4-15(9-14)23(26,27)28)33-18(39)11-37-22(40)36(10-17(38)24(29,30)31)20(34-37)13-5-7-16(25)8-6-13/h2-9,17,19,38H,10-11H2,1H3,(H,33,39). The molecule has 2 aromatic heterocycles. The smallest absolute Gasteiger partial charge is 0.382 e. The summed E-state index contributed by atoms with van der Waals surface area (Å²) in [6.07, 6.45) is -12.7. The first kappa shape index (κ1) is 29.8. The molecule has 0 saturated heterocycles. The van der Waals surface area contributed by atoms with Crippen molar-refractivity contribution in [2.75, 3.05) is 0 Å². The second kappa shape index (κ2) is 11.4. The van der Waals surface area contributed by atoms with Crippen LogP contribution in [0.5, 0.6) is 0 Å². The average Bonchev–Trinajstić information content (AvgIpc) is 3.45. The summed E-state index contributed by atoms with van der Waals surface area (Å²) in [7, 11) is 0. The topological polar surface area (TPSA) is 128 Å². The van der Waals surface area contributed by atoms with Crippen LogP contribution >= 0.6 is 11.6 Å². The van der Waals surface area contributed by atoms with Gasteiger partial charge >= 0.3 is 18.0 Å². The number of aryl methyl sites for hydroxylation is 1. The van der Waals surface area contributed by atoms with Gasteiger partial charge in [0, 0.05) is 10.6 Å². The Bertz CT molecular complexity index is 1600. The summed E-state index contributed by atoms with van der Waals surface area (Å²) in [6, 6.07) is 8.11. The number of amides is 1. The van der Waals surface area contributed by atoms with Crippen molar-refractivity contribution in [2.24, 2.45) is 0 Å². The van der Waals surface area contributed by atoms with E-state index >= 15 is 0 Å². The summed E-state index contributed by atoms with van der Waals surface area (Å²) in [4.78, 5) is 30.0. The lowest BCUT2D eigenvalue weighted by Crippen LogP contribution is -2.39. The van der Waals surface area contributed by atoms with Gasteiger partial charge < -0.3 is 14.9 Å². The van der Waals surface area contributed by atoms with Gasteiger partial charge in [-0.05, 0) is 48.9 Å². The van der Waals surface area contributed by atoms with Crippen molar-refractivity contribution in [1.82, 2.24) is 29.8 Å². The van der Waals surface area contributed by atoms with Crippen molar-refractivity contribution in [3.05, 3.63) is 86.9 Å². The molecule has 4 aromatic rings. The van der Waals surface area contributed by atoms with Gasteiger partial charge in [-0.15, -0.1) is 5.10 Å². The Labute approximate surface area is 231 Å². The van der Waals surface area contributed by atoms with E-state index in [0.717, 1.165) is 18.2 Å². The van der Waals surface area contributed by atoms with Crippen LogP contribution < -0.4 is 11.0 Å². The third-order valence-electron chi connectivity index (χ3n) is 5.69. The minimum absolute atomic E-state index is 0.0788. The Balaban J connectivity index is 1.68. The average molecular weight is 605 g/mol. The monoisotopic (exact) mass is 604 g/mol. The highest BCUT2D eigenvalue weighted by Gasteiger charge is 2.39. The van der Waals surface area contributed by atoms with Crippen molar-refractivity contribution in [3.63, 3.8) is 0 Å². The predicted octanol–water partition coefficient (Wildman–Crippen LogP) is 3.90. The molecule has 0 bridgehead atoms. The summed E-state index contributed by atoms with van der Waals surface area (Å²) < 4.78 is 85.3. The van der Waals surface area contributed by atoms with Gasteiger partial charge in [0.25, 0.3) is 5.89 Å². The molecule has 218 valence electrons. The molecule has 0 saturated carbocycles. The van der Waals surface area contributed by atoms with Gasteiger partial charge in [-0.1, -0.05) is 28.9 Å². The van der Waals surface area contributed by atoms with E-state index in [2.05, 4.69) is 20.6 Å². The Morgan fingerprint density at radius 2 is 1.80 bits per heavy atom. The van der Waals surface area contributed by atoms with Gasteiger partial charge in [0.05, 0.1) is 12.1 Å². The molecule has 17 heteroatoms. The second-order valence-electron chi connectivity index (χ2n) is 8.74. The van der Waals surface area contributed by atoms with E-state index in [0.29, 0.717) is 9.25 Å². The first-order chi connectivity index (χ1) is 19.1. The minimum atomic E-state index is -5.06. The Hall–Kier alpha value is -4.18. The van der Waals surface area contributed by atoms with Crippen LogP contribution in [0.4, 0.5) is 26.3 Å². The quantitative estimate of drug-likeness (QED) is 0.292. The highest BCUT2D eigenvalue weighted by atomic mass is 35.5. The molecule has 2 aromatic carbocycles. The maximum Gasteiger partial charge on any atom is 0.416 e. The summed E-state index contributed by atoms with van der Waals surface area (Å²) in [5, 5.41) is 19.8. The zero-order chi connectivity index (χ0) is 30.1. The number of carbonyl (C=O) groups excluding carboxylic acids is 1. The lowest BCUT2D eigenvalue weighted by atomic mass is 10.0. The lowest BCUT2D eigenvalue weighted by Gasteiger charge is -2.17. The minimum Gasteiger partial charge on any atom is -0.382 e. The fourth-order valence-corrected chi connectivity index (χ4v) is 3.88. The maximum absolute atomic E-state index is 13.3. The van der Waals surface area contributed by atoms with Gasteiger partial charge in [0.1, 0.15) is 12.6 Å². The van der Waals surface area contributed by atoms with Crippen LogP contribution in [0.15, 0.2) is 57.8 Å². The number of hydrogen-bond acceptors (Lipinski definition) is 7. The number of nitrogens with one attached hydrogen (secondary N) is 1. The number of nitrogens with zero attached hydrogens (tertiary/aromatic N) is 5. The molecule has 2 atom stereocenters. The number of aromatic nitrogens is 5. The molecular formula is C24H19ClF6N6O4. The summed E-state index contributed by atoms with van der Waals surface area (Å²) in [5.41, 5.74) is -2.11. The number of rotatable bonds is 8. The van der Waals surface area contributed by atoms with Gasteiger partial charge in [-0.2, -0.15) is 31.3 Å². The number of aliphatic hydroxyl groups excluding tert-OH is 1. The van der Waals surface area contributed by atoms with E-state index in [4.69, 9.17) is 16.1 Å². The van der Waals surface area contributed by atoms with Crippen molar-refractivity contribution in [2.45, 2.75) is 44.5 Å². The first-order valence-electron chi connectivity index (χ1n) is 11.6. The van der Waals surface area contributed by atoms with Crippen LogP contribution in [-0.2, 0) is 24.1 Å². The van der Waals surface area contributed by atoms with Gasteiger partial charge in [-0.25, -0.2) is 9.48 Å². The molecule has 1 amide bonds. The van der Waals surface area contributed by atoms with Crippen LogP contribution in [0.1, 0.15) is 28.9 Å². The molecule has 0 radical (unpaired) electrons.